The maximum Gasteiger partial charge on any atom is 0.109 e. The van der Waals surface area contributed by atoms with Gasteiger partial charge < -0.3 is 0 Å². The average molecular weight is 227 g/mol. The number of aromatic nitrogens is 1. The number of hydrogen-bond donors (Lipinski definition) is 0. The molecule has 0 fully saturated rings. The lowest BCUT2D eigenvalue weighted by molar-refractivity contribution is 1.17. The van der Waals surface area contributed by atoms with E-state index in [2.05, 4.69) is 20.9 Å². The molecular weight excluding hydrogens is 221 g/mol. The Kier molecular flexibility index (Phi) is 2.50. The summed E-state index contributed by atoms with van der Waals surface area (Å²) in [6.07, 6.45) is 0. The molecular formula is C5H5BrClNS. The van der Waals surface area contributed by atoms with Gasteiger partial charge in [-0.05, 0) is 22.9 Å². The zero-order valence-electron chi connectivity index (χ0n) is 4.82. The van der Waals surface area contributed by atoms with Crippen LogP contribution in [0.25, 0.3) is 0 Å². The van der Waals surface area contributed by atoms with E-state index >= 15 is 0 Å². The highest BCUT2D eigenvalue weighted by atomic mass is 79.9. The Morgan fingerprint density at radius 2 is 2.44 bits per heavy atom. The van der Waals surface area contributed by atoms with Crippen molar-refractivity contribution in [2.45, 2.75) is 12.8 Å². The Hall–Kier alpha value is 0.400. The summed E-state index contributed by atoms with van der Waals surface area (Å²) in [5.74, 6) is 0.511. The van der Waals surface area contributed by atoms with Crippen molar-refractivity contribution in [3.8, 4) is 0 Å². The fourth-order valence-electron chi connectivity index (χ4n) is 0.488. The van der Waals surface area contributed by atoms with Gasteiger partial charge in [0.2, 0.25) is 0 Å². The Balaban J connectivity index is 2.98. The first kappa shape index (κ1) is 7.51. The Morgan fingerprint density at radius 3 is 2.67 bits per heavy atom. The van der Waals surface area contributed by atoms with Crippen LogP contribution in [0.1, 0.15) is 10.7 Å². The smallest absolute Gasteiger partial charge is 0.109 e. The van der Waals surface area contributed by atoms with Crippen LogP contribution in [0.4, 0.5) is 0 Å². The third kappa shape index (κ3) is 1.66. The summed E-state index contributed by atoms with van der Waals surface area (Å²) in [5.41, 5.74) is 1.02. The summed E-state index contributed by atoms with van der Waals surface area (Å²) in [6.45, 7) is 1.95. The molecule has 0 saturated heterocycles. The van der Waals surface area contributed by atoms with Gasteiger partial charge in [-0.15, -0.1) is 22.9 Å². The quantitative estimate of drug-likeness (QED) is 0.671. The van der Waals surface area contributed by atoms with E-state index in [0.29, 0.717) is 5.88 Å². The summed E-state index contributed by atoms with van der Waals surface area (Å²) in [5, 5.41) is 0.973. The third-order valence-electron chi connectivity index (χ3n) is 0.899. The Morgan fingerprint density at radius 1 is 1.78 bits per heavy atom. The van der Waals surface area contributed by atoms with Gasteiger partial charge in [-0.3, -0.25) is 0 Å². The first-order chi connectivity index (χ1) is 4.24. The minimum atomic E-state index is 0.511. The number of rotatable bonds is 1. The molecule has 0 amide bonds. The van der Waals surface area contributed by atoms with Crippen molar-refractivity contribution >= 4 is 38.9 Å². The van der Waals surface area contributed by atoms with Gasteiger partial charge in [0.15, 0.2) is 0 Å². The number of nitrogens with zero attached hydrogens (tertiary/aromatic N) is 1. The molecule has 0 saturated carbocycles. The zero-order chi connectivity index (χ0) is 6.85. The lowest BCUT2D eigenvalue weighted by Gasteiger charge is -1.77. The van der Waals surface area contributed by atoms with Crippen molar-refractivity contribution in [3.05, 3.63) is 14.5 Å². The molecule has 4 heteroatoms. The molecule has 1 heterocycles. The monoisotopic (exact) mass is 225 g/mol. The largest absolute Gasteiger partial charge is 0.244 e. The lowest BCUT2D eigenvalue weighted by Crippen LogP contribution is -1.73. The highest BCUT2D eigenvalue weighted by Crippen LogP contribution is 2.24. The molecule has 0 atom stereocenters. The van der Waals surface area contributed by atoms with E-state index < -0.39 is 0 Å². The molecule has 0 aliphatic heterocycles. The molecule has 0 unspecified atom stereocenters. The molecule has 50 valence electrons. The summed E-state index contributed by atoms with van der Waals surface area (Å²) in [7, 11) is 0. The fourth-order valence-corrected chi connectivity index (χ4v) is 2.00. The number of thiazole rings is 1. The number of hydrogen-bond acceptors (Lipinski definition) is 2. The van der Waals surface area contributed by atoms with Crippen molar-refractivity contribution in [2.75, 3.05) is 0 Å². The maximum atomic E-state index is 5.54. The van der Waals surface area contributed by atoms with Gasteiger partial charge >= 0.3 is 0 Å². The molecule has 1 nitrogen and oxygen atoms in total. The van der Waals surface area contributed by atoms with E-state index in [1.54, 1.807) is 11.3 Å². The van der Waals surface area contributed by atoms with E-state index in [0.717, 1.165) is 14.5 Å². The minimum absolute atomic E-state index is 0.511. The molecule has 0 spiro atoms. The van der Waals surface area contributed by atoms with E-state index in [-0.39, 0.29) is 0 Å². The van der Waals surface area contributed by atoms with Crippen molar-refractivity contribution in [1.82, 2.24) is 4.98 Å². The first-order valence-corrected chi connectivity index (χ1v) is 4.56. The van der Waals surface area contributed by atoms with E-state index in [1.165, 1.54) is 0 Å². The second kappa shape index (κ2) is 2.99. The third-order valence-corrected chi connectivity index (χ3v) is 3.32. The van der Waals surface area contributed by atoms with Crippen LogP contribution in [0, 0.1) is 6.92 Å². The second-order valence-electron chi connectivity index (χ2n) is 1.60. The van der Waals surface area contributed by atoms with Crippen LogP contribution in [-0.2, 0) is 5.88 Å². The lowest BCUT2D eigenvalue weighted by atomic mass is 10.6. The average Bonchev–Trinajstić information content (AvgIpc) is 2.13. The molecule has 0 radical (unpaired) electrons. The Labute approximate surface area is 71.2 Å². The van der Waals surface area contributed by atoms with Crippen LogP contribution >= 0.6 is 38.9 Å². The molecule has 1 rings (SSSR count). The zero-order valence-corrected chi connectivity index (χ0v) is 7.98. The number of aryl methyl sites for hydroxylation is 1. The summed E-state index contributed by atoms with van der Waals surface area (Å²) in [6, 6.07) is 0. The summed E-state index contributed by atoms with van der Waals surface area (Å²) < 4.78 is 1.08. The van der Waals surface area contributed by atoms with Gasteiger partial charge in [-0.25, -0.2) is 4.98 Å². The topological polar surface area (TPSA) is 12.9 Å². The van der Waals surface area contributed by atoms with Crippen LogP contribution in [0.5, 0.6) is 0 Å². The van der Waals surface area contributed by atoms with E-state index in [1.807, 2.05) is 6.92 Å². The molecule has 0 aliphatic carbocycles. The van der Waals surface area contributed by atoms with Gasteiger partial charge in [0, 0.05) is 0 Å². The van der Waals surface area contributed by atoms with Crippen LogP contribution in [-0.4, -0.2) is 4.98 Å². The normalized spacial score (nSPS) is 10.1. The van der Waals surface area contributed by atoms with Crippen LogP contribution < -0.4 is 0 Å². The molecule has 0 bridgehead atoms. The van der Waals surface area contributed by atoms with Crippen molar-refractivity contribution in [1.29, 1.82) is 0 Å². The van der Waals surface area contributed by atoms with Gasteiger partial charge in [-0.2, -0.15) is 0 Å². The molecule has 1 aromatic heterocycles. The Bertz CT molecular complexity index is 191. The van der Waals surface area contributed by atoms with Crippen LogP contribution in [0.3, 0.4) is 0 Å². The molecule has 1 aromatic rings. The molecule has 0 N–H and O–H groups in total. The summed E-state index contributed by atoms with van der Waals surface area (Å²) >= 11 is 10.5. The predicted octanol–water partition coefficient (Wildman–Crippen LogP) is 2.95. The van der Waals surface area contributed by atoms with Crippen LogP contribution in [0.2, 0.25) is 0 Å². The number of alkyl halides is 1. The summed E-state index contributed by atoms with van der Waals surface area (Å²) in [4.78, 5) is 4.17. The molecule has 0 aromatic carbocycles. The number of halogens is 2. The van der Waals surface area contributed by atoms with Gasteiger partial charge in [0.25, 0.3) is 0 Å². The minimum Gasteiger partial charge on any atom is -0.244 e. The van der Waals surface area contributed by atoms with E-state index in [9.17, 15) is 0 Å². The van der Waals surface area contributed by atoms with Gasteiger partial charge in [-0.1, -0.05) is 0 Å². The van der Waals surface area contributed by atoms with Crippen molar-refractivity contribution < 1.29 is 0 Å². The first-order valence-electron chi connectivity index (χ1n) is 2.42. The highest BCUT2D eigenvalue weighted by Gasteiger charge is 2.01. The maximum absolute atomic E-state index is 5.54. The van der Waals surface area contributed by atoms with Gasteiger partial charge in [0.1, 0.15) is 5.01 Å². The second-order valence-corrected chi connectivity index (χ2v) is 4.27. The molecule has 9 heavy (non-hydrogen) atoms. The van der Waals surface area contributed by atoms with Crippen molar-refractivity contribution in [3.63, 3.8) is 0 Å². The highest BCUT2D eigenvalue weighted by molar-refractivity contribution is 9.11. The fraction of sp³-hybridized carbons (Fsp3) is 0.400. The SMILES string of the molecule is Cc1nc(CCl)sc1Br. The molecule has 0 aliphatic rings. The predicted molar refractivity (Wildman–Crippen MR) is 44.1 cm³/mol. The van der Waals surface area contributed by atoms with Gasteiger partial charge in [0.05, 0.1) is 15.4 Å². The van der Waals surface area contributed by atoms with Crippen molar-refractivity contribution in [2.24, 2.45) is 0 Å². The van der Waals surface area contributed by atoms with Crippen LogP contribution in [0.15, 0.2) is 3.79 Å². The standard InChI is InChI=1S/C5H5BrClNS/c1-3-5(6)9-4(2-7)8-3/h2H2,1H3. The van der Waals surface area contributed by atoms with E-state index in [4.69, 9.17) is 11.6 Å².